The molecule has 42 heavy (non-hydrogen) atoms. The Morgan fingerprint density at radius 1 is 0.548 bits per heavy atom. The highest BCUT2D eigenvalue weighted by Gasteiger charge is 2.16. The van der Waals surface area contributed by atoms with E-state index in [1.165, 1.54) is 96.8 Å². The molecule has 8 nitrogen and oxygen atoms in total. The zero-order chi connectivity index (χ0) is 31.2. The van der Waals surface area contributed by atoms with Crippen molar-refractivity contribution in [2.24, 2.45) is 0 Å². The van der Waals surface area contributed by atoms with Crippen LogP contribution in [0.2, 0.25) is 0 Å². The molecule has 0 heterocycles. The van der Waals surface area contributed by atoms with Crippen molar-refractivity contribution in [1.82, 2.24) is 0 Å². The first-order chi connectivity index (χ1) is 20.2. The van der Waals surface area contributed by atoms with Crippen molar-refractivity contribution in [3.05, 3.63) is 0 Å². The zero-order valence-corrected chi connectivity index (χ0v) is 28.3. The van der Waals surface area contributed by atoms with Gasteiger partial charge in [0.15, 0.2) is 0 Å². The topological polar surface area (TPSA) is 80.3 Å². The maximum atomic E-state index is 12.0. The fraction of sp³-hybridized carbons (Fsp3) is 0.941. The smallest absolute Gasteiger partial charge is 0.313 e. The summed E-state index contributed by atoms with van der Waals surface area (Å²) >= 11 is 0. The van der Waals surface area contributed by atoms with Gasteiger partial charge in [-0.25, -0.2) is 0 Å². The second kappa shape index (κ2) is 30.0. The molecule has 0 rings (SSSR count). The standard InChI is InChI=1S/C34H68NO7/c1-6-7-8-9-10-11-12-13-14-15-16-17-18-19-20-21-23-40-30-33(42-34(37)29-32(2)36)31-41-28-27-39-26-25-38-24-22-35(3,4)5/h33H,6-31H2,1-5H3/q+1. The Balaban J connectivity index is 3.76. The van der Waals surface area contributed by atoms with E-state index in [2.05, 4.69) is 28.1 Å². The molecule has 0 bridgehead atoms. The fourth-order valence-corrected chi connectivity index (χ4v) is 4.51. The molecule has 0 radical (unpaired) electrons. The molecule has 0 fully saturated rings. The van der Waals surface area contributed by atoms with Crippen LogP contribution in [-0.4, -0.2) is 103 Å². The Hall–Kier alpha value is -1.06. The van der Waals surface area contributed by atoms with Crippen LogP contribution >= 0.6 is 0 Å². The van der Waals surface area contributed by atoms with Crippen molar-refractivity contribution in [1.29, 1.82) is 0 Å². The maximum absolute atomic E-state index is 12.0. The molecular weight excluding hydrogens is 534 g/mol. The van der Waals surface area contributed by atoms with Gasteiger partial charge in [0.2, 0.25) is 0 Å². The number of quaternary nitrogens is 1. The number of hydrogen-bond donors (Lipinski definition) is 0. The van der Waals surface area contributed by atoms with Gasteiger partial charge in [-0.05, 0) is 13.3 Å². The first kappa shape index (κ1) is 40.9. The van der Waals surface area contributed by atoms with E-state index < -0.39 is 12.1 Å². The summed E-state index contributed by atoms with van der Waals surface area (Å²) in [6, 6.07) is 0. The van der Waals surface area contributed by atoms with Gasteiger partial charge in [-0.15, -0.1) is 0 Å². The zero-order valence-electron chi connectivity index (χ0n) is 28.3. The van der Waals surface area contributed by atoms with Crippen molar-refractivity contribution in [3.63, 3.8) is 0 Å². The summed E-state index contributed by atoms with van der Waals surface area (Å²) in [5.74, 6) is -0.754. The summed E-state index contributed by atoms with van der Waals surface area (Å²) in [5.41, 5.74) is 0. The predicted molar refractivity (Wildman–Crippen MR) is 171 cm³/mol. The van der Waals surface area contributed by atoms with Gasteiger partial charge < -0.3 is 28.2 Å². The molecule has 0 aromatic carbocycles. The highest BCUT2D eigenvalue weighted by molar-refractivity contribution is 5.94. The van der Waals surface area contributed by atoms with E-state index in [9.17, 15) is 9.59 Å². The lowest BCUT2D eigenvalue weighted by Crippen LogP contribution is -2.37. The fourth-order valence-electron chi connectivity index (χ4n) is 4.51. The van der Waals surface area contributed by atoms with Gasteiger partial charge in [0.05, 0.1) is 67.4 Å². The Labute approximate surface area is 259 Å². The number of likely N-dealkylation sites (N-methyl/N-ethyl adjacent to an activating group) is 1. The molecule has 250 valence electrons. The summed E-state index contributed by atoms with van der Waals surface area (Å²) in [5, 5.41) is 0. The number of ether oxygens (including phenoxy) is 5. The molecule has 0 aliphatic rings. The second-order valence-corrected chi connectivity index (χ2v) is 12.7. The maximum Gasteiger partial charge on any atom is 0.313 e. The van der Waals surface area contributed by atoms with Gasteiger partial charge in [0.25, 0.3) is 0 Å². The number of nitrogens with zero attached hydrogens (tertiary/aromatic N) is 1. The third-order valence-corrected chi connectivity index (χ3v) is 7.09. The molecule has 0 spiro atoms. The molecule has 0 N–H and O–H groups in total. The van der Waals surface area contributed by atoms with Crippen LogP contribution < -0.4 is 0 Å². The minimum Gasteiger partial charge on any atom is -0.457 e. The molecule has 0 aromatic rings. The van der Waals surface area contributed by atoms with Crippen LogP contribution in [-0.2, 0) is 33.3 Å². The first-order valence-electron chi connectivity index (χ1n) is 17.0. The largest absolute Gasteiger partial charge is 0.457 e. The lowest BCUT2D eigenvalue weighted by molar-refractivity contribution is -0.870. The van der Waals surface area contributed by atoms with Crippen molar-refractivity contribution in [2.75, 3.05) is 80.5 Å². The number of hydrogen-bond acceptors (Lipinski definition) is 7. The van der Waals surface area contributed by atoms with E-state index in [1.807, 2.05) is 0 Å². The number of carbonyl (C=O) groups excluding carboxylic acids is 2. The highest BCUT2D eigenvalue weighted by atomic mass is 16.6. The van der Waals surface area contributed by atoms with Gasteiger partial charge in [-0.1, -0.05) is 103 Å². The van der Waals surface area contributed by atoms with Gasteiger partial charge in [-0.3, -0.25) is 9.59 Å². The molecule has 0 aliphatic carbocycles. The van der Waals surface area contributed by atoms with E-state index >= 15 is 0 Å². The highest BCUT2D eigenvalue weighted by Crippen LogP contribution is 2.14. The lowest BCUT2D eigenvalue weighted by atomic mass is 10.0. The molecule has 1 unspecified atom stereocenters. The average molecular weight is 603 g/mol. The van der Waals surface area contributed by atoms with Crippen molar-refractivity contribution in [3.8, 4) is 0 Å². The van der Waals surface area contributed by atoms with E-state index in [-0.39, 0.29) is 25.4 Å². The quantitative estimate of drug-likeness (QED) is 0.0349. The molecule has 0 aliphatic heterocycles. The van der Waals surface area contributed by atoms with Crippen LogP contribution in [0.25, 0.3) is 0 Å². The normalized spacial score (nSPS) is 12.5. The molecule has 8 heteroatoms. The van der Waals surface area contributed by atoms with Crippen LogP contribution in [0.3, 0.4) is 0 Å². The molecule has 0 amide bonds. The second-order valence-electron chi connectivity index (χ2n) is 12.7. The summed E-state index contributed by atoms with van der Waals surface area (Å²) in [7, 11) is 6.40. The van der Waals surface area contributed by atoms with Crippen molar-refractivity contribution in [2.45, 2.75) is 129 Å². The van der Waals surface area contributed by atoms with Gasteiger partial charge in [0.1, 0.15) is 24.9 Å². The third kappa shape index (κ3) is 33.4. The van der Waals surface area contributed by atoms with Crippen molar-refractivity contribution >= 4 is 11.8 Å². The molecular formula is C34H68NO7+. The Bertz CT molecular complexity index is 609. The number of esters is 1. The average Bonchev–Trinajstić information content (AvgIpc) is 2.92. The number of ketones is 1. The van der Waals surface area contributed by atoms with E-state index in [1.54, 1.807) is 0 Å². The summed E-state index contributed by atoms with van der Waals surface area (Å²) in [6.07, 6.45) is 20.6. The Morgan fingerprint density at radius 3 is 1.40 bits per heavy atom. The third-order valence-electron chi connectivity index (χ3n) is 7.09. The molecule has 0 saturated heterocycles. The van der Waals surface area contributed by atoms with Gasteiger partial charge >= 0.3 is 5.97 Å². The predicted octanol–water partition coefficient (Wildman–Crippen LogP) is 6.91. The van der Waals surface area contributed by atoms with E-state index in [0.29, 0.717) is 39.6 Å². The lowest BCUT2D eigenvalue weighted by Gasteiger charge is -2.23. The summed E-state index contributed by atoms with van der Waals surface area (Å²) in [4.78, 5) is 23.2. The van der Waals surface area contributed by atoms with Crippen LogP contribution in [0, 0.1) is 0 Å². The summed E-state index contributed by atoms with van der Waals surface area (Å²) in [6.45, 7) is 8.32. The van der Waals surface area contributed by atoms with Gasteiger partial charge in [0, 0.05) is 6.61 Å². The van der Waals surface area contributed by atoms with Crippen LogP contribution in [0.1, 0.15) is 123 Å². The molecule has 0 saturated carbocycles. The monoisotopic (exact) mass is 602 g/mol. The minimum atomic E-state index is -0.538. The van der Waals surface area contributed by atoms with Crippen LogP contribution in [0.15, 0.2) is 0 Å². The number of carbonyl (C=O) groups is 2. The first-order valence-corrected chi connectivity index (χ1v) is 17.0. The van der Waals surface area contributed by atoms with E-state index in [0.717, 1.165) is 23.9 Å². The number of rotatable bonds is 33. The number of Topliss-reactive ketones (excluding diaryl/α,β-unsaturated/α-hetero) is 1. The number of unbranched alkanes of at least 4 members (excludes halogenated alkanes) is 15. The molecule has 0 aromatic heterocycles. The SMILES string of the molecule is CCCCCCCCCCCCCCCCCCOCC(COCCOCCOCC[N+](C)(C)C)OC(=O)CC(C)=O. The minimum absolute atomic E-state index is 0.214. The van der Waals surface area contributed by atoms with E-state index in [4.69, 9.17) is 23.7 Å². The van der Waals surface area contributed by atoms with Gasteiger partial charge in [-0.2, -0.15) is 0 Å². The van der Waals surface area contributed by atoms with Crippen LogP contribution in [0.5, 0.6) is 0 Å². The Morgan fingerprint density at radius 2 is 0.952 bits per heavy atom. The van der Waals surface area contributed by atoms with Crippen LogP contribution in [0.4, 0.5) is 0 Å². The molecule has 1 atom stereocenters. The Kier molecular flexibility index (Phi) is 29.2. The van der Waals surface area contributed by atoms with Crippen molar-refractivity contribution < 1.29 is 37.8 Å². The summed E-state index contributed by atoms with van der Waals surface area (Å²) < 4.78 is 28.8.